The van der Waals surface area contributed by atoms with Gasteiger partial charge in [0.1, 0.15) is 11.6 Å². The predicted molar refractivity (Wildman–Crippen MR) is 84.0 cm³/mol. The van der Waals surface area contributed by atoms with Gasteiger partial charge in [0.2, 0.25) is 0 Å². The van der Waals surface area contributed by atoms with Crippen LogP contribution in [0.1, 0.15) is 13.3 Å². The number of nitrogen functional groups attached to an aromatic ring is 1. The van der Waals surface area contributed by atoms with Gasteiger partial charge in [-0.05, 0) is 52.7 Å². The summed E-state index contributed by atoms with van der Waals surface area (Å²) in [7, 11) is 0. The molecule has 3 N–H and O–H groups in total. The second-order valence-corrected chi connectivity index (χ2v) is 5.17. The molecule has 0 fully saturated rings. The molecule has 2 aromatic rings. The molecule has 5 heteroatoms. The topological polar surface area (TPSA) is 47.3 Å². The molecular formula is C15H16BrFN2O. The smallest absolute Gasteiger partial charge is 0.144 e. The van der Waals surface area contributed by atoms with Crippen molar-refractivity contribution in [3.8, 4) is 5.75 Å². The molecule has 0 atom stereocenters. The van der Waals surface area contributed by atoms with Crippen molar-refractivity contribution in [1.82, 2.24) is 0 Å². The van der Waals surface area contributed by atoms with Crippen molar-refractivity contribution in [2.24, 2.45) is 0 Å². The van der Waals surface area contributed by atoms with Crippen molar-refractivity contribution < 1.29 is 9.13 Å². The molecule has 0 radical (unpaired) electrons. The highest BCUT2D eigenvalue weighted by atomic mass is 79.9. The maximum atomic E-state index is 13.3. The Hall–Kier alpha value is -1.75. The summed E-state index contributed by atoms with van der Waals surface area (Å²) in [5.74, 6) is 0.317. The molecule has 20 heavy (non-hydrogen) atoms. The first-order chi connectivity index (χ1) is 9.61. The average Bonchev–Trinajstić information content (AvgIpc) is 2.44. The SMILES string of the molecule is CCCOc1cccc(Nc2cc(F)ccc2Br)c1N. The standard InChI is InChI=1S/C15H16BrFN2O/c1-2-8-20-14-5-3-4-12(15(14)18)19-13-9-10(17)6-7-11(13)16/h3-7,9,19H,2,8,18H2,1H3. The van der Waals surface area contributed by atoms with Crippen LogP contribution in [0.15, 0.2) is 40.9 Å². The lowest BCUT2D eigenvalue weighted by molar-refractivity contribution is 0.319. The van der Waals surface area contributed by atoms with E-state index in [1.807, 2.05) is 25.1 Å². The molecule has 0 aliphatic rings. The molecule has 0 bridgehead atoms. The lowest BCUT2D eigenvalue weighted by Crippen LogP contribution is -2.02. The maximum absolute atomic E-state index is 13.3. The molecule has 0 aromatic heterocycles. The van der Waals surface area contributed by atoms with E-state index >= 15 is 0 Å². The minimum atomic E-state index is -0.312. The lowest BCUT2D eigenvalue weighted by Gasteiger charge is -2.14. The van der Waals surface area contributed by atoms with Crippen LogP contribution < -0.4 is 15.8 Å². The minimum absolute atomic E-state index is 0.312. The first-order valence-corrected chi connectivity index (χ1v) is 7.14. The van der Waals surface area contributed by atoms with Gasteiger partial charge < -0.3 is 15.8 Å². The molecule has 0 unspecified atom stereocenters. The number of rotatable bonds is 5. The number of anilines is 3. The lowest BCUT2D eigenvalue weighted by atomic mass is 10.2. The van der Waals surface area contributed by atoms with E-state index in [0.29, 0.717) is 29.4 Å². The van der Waals surface area contributed by atoms with Crippen LogP contribution in [-0.4, -0.2) is 6.61 Å². The number of para-hydroxylation sites is 1. The third kappa shape index (κ3) is 3.42. The molecule has 0 spiro atoms. The van der Waals surface area contributed by atoms with E-state index in [2.05, 4.69) is 21.2 Å². The fourth-order valence-electron chi connectivity index (χ4n) is 1.73. The summed E-state index contributed by atoms with van der Waals surface area (Å²) in [4.78, 5) is 0. The zero-order valence-corrected chi connectivity index (χ0v) is 12.7. The van der Waals surface area contributed by atoms with E-state index in [1.54, 1.807) is 6.07 Å². The molecule has 0 heterocycles. The fraction of sp³-hybridized carbons (Fsp3) is 0.200. The molecule has 0 saturated carbocycles. The van der Waals surface area contributed by atoms with Gasteiger partial charge in [-0.3, -0.25) is 0 Å². The molecule has 0 aliphatic carbocycles. The van der Waals surface area contributed by atoms with Gasteiger partial charge in [0.15, 0.2) is 0 Å². The Morgan fingerprint density at radius 3 is 2.80 bits per heavy atom. The van der Waals surface area contributed by atoms with E-state index in [-0.39, 0.29) is 5.82 Å². The normalized spacial score (nSPS) is 10.3. The highest BCUT2D eigenvalue weighted by molar-refractivity contribution is 9.10. The Morgan fingerprint density at radius 2 is 2.05 bits per heavy atom. The van der Waals surface area contributed by atoms with Crippen LogP contribution in [0, 0.1) is 5.82 Å². The summed E-state index contributed by atoms with van der Waals surface area (Å²) >= 11 is 3.37. The quantitative estimate of drug-likeness (QED) is 0.776. The van der Waals surface area contributed by atoms with Crippen LogP contribution in [0.4, 0.5) is 21.5 Å². The van der Waals surface area contributed by atoms with Gasteiger partial charge in [0, 0.05) is 4.47 Å². The van der Waals surface area contributed by atoms with Crippen molar-refractivity contribution in [2.45, 2.75) is 13.3 Å². The van der Waals surface area contributed by atoms with E-state index in [9.17, 15) is 4.39 Å². The maximum Gasteiger partial charge on any atom is 0.144 e. The van der Waals surface area contributed by atoms with Gasteiger partial charge >= 0.3 is 0 Å². The molecule has 0 aliphatic heterocycles. The van der Waals surface area contributed by atoms with Gasteiger partial charge in [0.25, 0.3) is 0 Å². The van der Waals surface area contributed by atoms with E-state index in [0.717, 1.165) is 10.9 Å². The number of benzene rings is 2. The van der Waals surface area contributed by atoms with Crippen LogP contribution >= 0.6 is 15.9 Å². The van der Waals surface area contributed by atoms with Crippen LogP contribution in [0.3, 0.4) is 0 Å². The van der Waals surface area contributed by atoms with Crippen molar-refractivity contribution in [1.29, 1.82) is 0 Å². The van der Waals surface area contributed by atoms with Gasteiger partial charge in [-0.1, -0.05) is 13.0 Å². The summed E-state index contributed by atoms with van der Waals surface area (Å²) in [6.07, 6.45) is 0.909. The number of hydrogen-bond donors (Lipinski definition) is 2. The summed E-state index contributed by atoms with van der Waals surface area (Å²) in [5, 5.41) is 3.11. The van der Waals surface area contributed by atoms with E-state index < -0.39 is 0 Å². The summed E-state index contributed by atoms with van der Waals surface area (Å²) in [6, 6.07) is 9.92. The minimum Gasteiger partial charge on any atom is -0.491 e. The van der Waals surface area contributed by atoms with Crippen LogP contribution in [0.5, 0.6) is 5.75 Å². The summed E-state index contributed by atoms with van der Waals surface area (Å²) in [5.41, 5.74) is 7.87. The molecule has 0 amide bonds. The molecule has 3 nitrogen and oxygen atoms in total. The van der Waals surface area contributed by atoms with Crippen molar-refractivity contribution >= 4 is 33.0 Å². The monoisotopic (exact) mass is 338 g/mol. The Morgan fingerprint density at radius 1 is 1.25 bits per heavy atom. The predicted octanol–water partition coefficient (Wildman–Crippen LogP) is 4.70. The fourth-order valence-corrected chi connectivity index (χ4v) is 2.08. The zero-order valence-electron chi connectivity index (χ0n) is 11.1. The number of hydrogen-bond acceptors (Lipinski definition) is 3. The van der Waals surface area contributed by atoms with Gasteiger partial charge in [0.05, 0.1) is 23.7 Å². The Labute approximate surface area is 126 Å². The number of halogens is 2. The molecule has 2 rings (SSSR count). The van der Waals surface area contributed by atoms with Crippen molar-refractivity contribution in [3.05, 3.63) is 46.7 Å². The van der Waals surface area contributed by atoms with Crippen LogP contribution in [-0.2, 0) is 0 Å². The van der Waals surface area contributed by atoms with Crippen molar-refractivity contribution in [2.75, 3.05) is 17.7 Å². The van der Waals surface area contributed by atoms with Gasteiger partial charge in [-0.25, -0.2) is 4.39 Å². The zero-order chi connectivity index (χ0) is 14.5. The number of nitrogens with one attached hydrogen (secondary N) is 1. The third-order valence-electron chi connectivity index (χ3n) is 2.73. The van der Waals surface area contributed by atoms with Gasteiger partial charge in [-0.2, -0.15) is 0 Å². The Bertz CT molecular complexity index is 604. The summed E-state index contributed by atoms with van der Waals surface area (Å²) < 4.78 is 19.6. The highest BCUT2D eigenvalue weighted by Gasteiger charge is 2.08. The van der Waals surface area contributed by atoms with E-state index in [1.165, 1.54) is 12.1 Å². The van der Waals surface area contributed by atoms with Crippen LogP contribution in [0.25, 0.3) is 0 Å². The molecular weight excluding hydrogens is 323 g/mol. The Balaban J connectivity index is 2.27. The largest absolute Gasteiger partial charge is 0.491 e. The van der Waals surface area contributed by atoms with Crippen LogP contribution in [0.2, 0.25) is 0 Å². The highest BCUT2D eigenvalue weighted by Crippen LogP contribution is 2.34. The number of ether oxygens (including phenoxy) is 1. The Kier molecular flexibility index (Phi) is 4.84. The van der Waals surface area contributed by atoms with Crippen molar-refractivity contribution in [3.63, 3.8) is 0 Å². The first kappa shape index (κ1) is 14.7. The molecule has 2 aromatic carbocycles. The number of nitrogens with two attached hydrogens (primary N) is 1. The van der Waals surface area contributed by atoms with Gasteiger partial charge in [-0.15, -0.1) is 0 Å². The summed E-state index contributed by atoms with van der Waals surface area (Å²) in [6.45, 7) is 2.64. The molecule has 106 valence electrons. The van der Waals surface area contributed by atoms with E-state index in [4.69, 9.17) is 10.5 Å². The average molecular weight is 339 g/mol. The molecule has 0 saturated heterocycles. The second-order valence-electron chi connectivity index (χ2n) is 4.32. The first-order valence-electron chi connectivity index (χ1n) is 6.35. The third-order valence-corrected chi connectivity index (χ3v) is 3.42. The second kappa shape index (κ2) is 6.61.